The number of carbonyl (C=O) groups is 2. The van der Waals surface area contributed by atoms with Crippen LogP contribution in [0.1, 0.15) is 23.2 Å². The van der Waals surface area contributed by atoms with E-state index in [1.807, 2.05) is 0 Å². The molecule has 1 aromatic carbocycles. The van der Waals surface area contributed by atoms with Crippen LogP contribution in [0.25, 0.3) is 0 Å². The van der Waals surface area contributed by atoms with Gasteiger partial charge in [-0.2, -0.15) is 13.2 Å². The van der Waals surface area contributed by atoms with Crippen molar-refractivity contribution in [2.24, 2.45) is 5.92 Å². The van der Waals surface area contributed by atoms with Crippen LogP contribution in [0.3, 0.4) is 0 Å². The number of amides is 1. The molecule has 0 bridgehead atoms. The summed E-state index contributed by atoms with van der Waals surface area (Å²) in [4.78, 5) is 23.1. The van der Waals surface area contributed by atoms with Crippen LogP contribution in [0, 0.1) is 11.7 Å². The maximum absolute atomic E-state index is 13.4. The predicted octanol–water partition coefficient (Wildman–Crippen LogP) is 2.98. The lowest BCUT2D eigenvalue weighted by molar-refractivity contribution is -0.178. The molecule has 0 heterocycles. The molecule has 3 nitrogen and oxygen atoms in total. The largest absolute Gasteiger partial charge is 0.392 e. The molecule has 1 unspecified atom stereocenters. The van der Waals surface area contributed by atoms with Crippen molar-refractivity contribution in [3.63, 3.8) is 0 Å². The smallest absolute Gasteiger partial charge is 0.325 e. The zero-order valence-electron chi connectivity index (χ0n) is 10.7. The number of alkyl halides is 3. The maximum atomic E-state index is 13.4. The van der Waals surface area contributed by atoms with Gasteiger partial charge in [-0.05, 0) is 18.6 Å². The van der Waals surface area contributed by atoms with Gasteiger partial charge in [0.25, 0.3) is 5.91 Å². The number of carbonyl (C=O) groups excluding carboxylic acids is 2. The third kappa shape index (κ3) is 3.68. The van der Waals surface area contributed by atoms with Gasteiger partial charge in [-0.25, -0.2) is 4.39 Å². The summed E-state index contributed by atoms with van der Waals surface area (Å²) in [5.41, 5.74) is -0.443. The van der Waals surface area contributed by atoms with E-state index < -0.39 is 42.4 Å². The Labute approximate surface area is 117 Å². The minimum absolute atomic E-state index is 0.151. The summed E-state index contributed by atoms with van der Waals surface area (Å²) in [5.74, 6) is -4.21. The van der Waals surface area contributed by atoms with Crippen molar-refractivity contribution < 1.29 is 27.2 Å². The van der Waals surface area contributed by atoms with Gasteiger partial charge in [0.15, 0.2) is 5.78 Å². The molecular weight excluding hydrogens is 290 g/mol. The van der Waals surface area contributed by atoms with Gasteiger partial charge in [-0.15, -0.1) is 0 Å². The van der Waals surface area contributed by atoms with Crippen LogP contribution in [-0.4, -0.2) is 17.9 Å². The molecule has 1 atom stereocenters. The quantitative estimate of drug-likeness (QED) is 0.854. The fraction of sp³-hybridized carbons (Fsp3) is 0.286. The number of nitrogens with one attached hydrogen (secondary N) is 1. The molecule has 0 aliphatic heterocycles. The van der Waals surface area contributed by atoms with Crippen molar-refractivity contribution >= 4 is 11.7 Å². The van der Waals surface area contributed by atoms with E-state index in [1.165, 1.54) is 18.2 Å². The highest BCUT2D eigenvalue weighted by atomic mass is 19.4. The van der Waals surface area contributed by atoms with Gasteiger partial charge < -0.3 is 5.32 Å². The summed E-state index contributed by atoms with van der Waals surface area (Å²) < 4.78 is 51.4. The minimum atomic E-state index is -4.52. The van der Waals surface area contributed by atoms with Crippen LogP contribution < -0.4 is 5.32 Å². The van der Waals surface area contributed by atoms with Crippen LogP contribution in [0.5, 0.6) is 0 Å². The average molecular weight is 301 g/mol. The molecule has 0 radical (unpaired) electrons. The second kappa shape index (κ2) is 5.67. The Kier molecular flexibility index (Phi) is 4.11. The lowest BCUT2D eigenvalue weighted by atomic mass is 9.90. The van der Waals surface area contributed by atoms with Crippen molar-refractivity contribution in [2.75, 3.05) is 0 Å². The second-order valence-electron chi connectivity index (χ2n) is 4.72. The topological polar surface area (TPSA) is 46.2 Å². The molecule has 2 rings (SSSR count). The fourth-order valence-electron chi connectivity index (χ4n) is 2.07. The Bertz CT molecular complexity index is 607. The van der Waals surface area contributed by atoms with Crippen molar-refractivity contribution in [3.05, 3.63) is 47.4 Å². The van der Waals surface area contributed by atoms with Crippen LogP contribution in [0.2, 0.25) is 0 Å². The number of hydrogen-bond acceptors (Lipinski definition) is 2. The van der Waals surface area contributed by atoms with Crippen molar-refractivity contribution in [1.29, 1.82) is 0 Å². The Morgan fingerprint density at radius 3 is 2.48 bits per heavy atom. The summed E-state index contributed by atoms with van der Waals surface area (Å²) in [6.45, 7) is 0. The molecule has 1 aromatic rings. The highest BCUT2D eigenvalue weighted by molar-refractivity contribution is 5.97. The van der Waals surface area contributed by atoms with Crippen molar-refractivity contribution in [1.82, 2.24) is 5.32 Å². The first-order valence-electron chi connectivity index (χ1n) is 6.13. The molecule has 0 saturated heterocycles. The Hall–Kier alpha value is -2.18. The zero-order valence-corrected chi connectivity index (χ0v) is 10.7. The first kappa shape index (κ1) is 15.2. The van der Waals surface area contributed by atoms with Gasteiger partial charge in [-0.3, -0.25) is 9.59 Å². The van der Waals surface area contributed by atoms with Crippen molar-refractivity contribution in [3.8, 4) is 0 Å². The summed E-state index contributed by atoms with van der Waals surface area (Å²) in [6, 6.07) is 5.08. The monoisotopic (exact) mass is 301 g/mol. The van der Waals surface area contributed by atoms with Gasteiger partial charge in [0.1, 0.15) is 5.82 Å². The molecule has 1 aliphatic carbocycles. The molecule has 112 valence electrons. The molecule has 0 fully saturated rings. The number of benzene rings is 1. The summed E-state index contributed by atoms with van der Waals surface area (Å²) in [7, 11) is 0. The number of rotatable bonds is 2. The van der Waals surface area contributed by atoms with E-state index in [2.05, 4.69) is 5.32 Å². The summed E-state index contributed by atoms with van der Waals surface area (Å²) >= 11 is 0. The highest BCUT2D eigenvalue weighted by Crippen LogP contribution is 2.35. The molecule has 1 aliphatic rings. The molecule has 1 N–H and O–H groups in total. The molecule has 0 spiro atoms. The van der Waals surface area contributed by atoms with E-state index in [0.717, 1.165) is 12.1 Å². The second-order valence-corrected chi connectivity index (χ2v) is 4.72. The third-order valence-electron chi connectivity index (χ3n) is 3.10. The van der Waals surface area contributed by atoms with Crippen molar-refractivity contribution in [2.45, 2.75) is 19.0 Å². The number of ketones is 1. The zero-order chi connectivity index (χ0) is 15.6. The molecule has 0 saturated carbocycles. The van der Waals surface area contributed by atoms with E-state index in [9.17, 15) is 27.2 Å². The number of hydrogen-bond donors (Lipinski definition) is 1. The minimum Gasteiger partial charge on any atom is -0.325 e. The van der Waals surface area contributed by atoms with Gasteiger partial charge in [-0.1, -0.05) is 12.1 Å². The maximum Gasteiger partial charge on any atom is 0.392 e. The lowest BCUT2D eigenvalue weighted by Crippen LogP contribution is -2.34. The number of halogens is 4. The molecular formula is C14H11F4NO2. The van der Waals surface area contributed by atoms with E-state index in [-0.39, 0.29) is 11.3 Å². The van der Waals surface area contributed by atoms with Gasteiger partial charge in [0, 0.05) is 18.2 Å². The summed E-state index contributed by atoms with van der Waals surface area (Å²) in [5, 5.41) is 2.17. The predicted molar refractivity (Wildman–Crippen MR) is 65.7 cm³/mol. The first-order valence-corrected chi connectivity index (χ1v) is 6.13. The normalized spacial score (nSPS) is 19.1. The Morgan fingerprint density at radius 1 is 1.19 bits per heavy atom. The highest BCUT2D eigenvalue weighted by Gasteiger charge is 2.42. The SMILES string of the molecule is O=C1C=C(NC(=O)c2ccccc2F)CC(C(F)(F)F)C1. The molecule has 7 heteroatoms. The standard InChI is InChI=1S/C14H11F4NO2/c15-12-4-2-1-3-11(12)13(21)19-9-5-8(14(16,17)18)6-10(20)7-9/h1-4,7-8H,5-6H2,(H,19,21). The van der Waals surface area contributed by atoms with Gasteiger partial charge in [0.2, 0.25) is 0 Å². The van der Waals surface area contributed by atoms with E-state index >= 15 is 0 Å². The Morgan fingerprint density at radius 2 is 1.86 bits per heavy atom. The van der Waals surface area contributed by atoms with Gasteiger partial charge in [0.05, 0.1) is 11.5 Å². The van der Waals surface area contributed by atoms with E-state index in [4.69, 9.17) is 0 Å². The van der Waals surface area contributed by atoms with E-state index in [0.29, 0.717) is 0 Å². The average Bonchev–Trinajstić information content (AvgIpc) is 2.37. The lowest BCUT2D eigenvalue weighted by Gasteiger charge is -2.24. The number of allylic oxidation sites excluding steroid dienone is 2. The molecule has 21 heavy (non-hydrogen) atoms. The Balaban J connectivity index is 2.14. The third-order valence-corrected chi connectivity index (χ3v) is 3.10. The van der Waals surface area contributed by atoms with Crippen LogP contribution in [0.4, 0.5) is 17.6 Å². The summed E-state index contributed by atoms with van der Waals surface area (Å²) in [6.07, 6.45) is -4.70. The first-order chi connectivity index (χ1) is 9.77. The van der Waals surface area contributed by atoms with E-state index in [1.54, 1.807) is 0 Å². The molecule has 1 amide bonds. The fourth-order valence-corrected chi connectivity index (χ4v) is 2.07. The van der Waals surface area contributed by atoms with Gasteiger partial charge >= 0.3 is 6.18 Å². The van der Waals surface area contributed by atoms with Crippen LogP contribution in [0.15, 0.2) is 36.0 Å². The molecule has 0 aromatic heterocycles. The van der Waals surface area contributed by atoms with Crippen LogP contribution >= 0.6 is 0 Å². The van der Waals surface area contributed by atoms with Crippen LogP contribution in [-0.2, 0) is 4.79 Å².